The summed E-state index contributed by atoms with van der Waals surface area (Å²) in [5, 5.41) is 11.5. The van der Waals surface area contributed by atoms with E-state index in [1.165, 1.54) is 6.33 Å². The number of aromatic nitrogens is 6. The highest BCUT2D eigenvalue weighted by atomic mass is 16.5. The van der Waals surface area contributed by atoms with E-state index in [4.69, 9.17) is 4.52 Å². The first-order chi connectivity index (χ1) is 13.3. The van der Waals surface area contributed by atoms with Crippen molar-refractivity contribution in [3.05, 3.63) is 72.7 Å². The molecule has 0 spiro atoms. The van der Waals surface area contributed by atoms with E-state index >= 15 is 0 Å². The zero-order chi connectivity index (χ0) is 18.5. The van der Waals surface area contributed by atoms with Crippen molar-refractivity contribution in [2.24, 2.45) is 0 Å². The number of anilines is 1. The van der Waals surface area contributed by atoms with E-state index in [-0.39, 0.29) is 6.04 Å². The van der Waals surface area contributed by atoms with Crippen molar-refractivity contribution in [1.82, 2.24) is 29.9 Å². The molecule has 1 aromatic carbocycles. The summed E-state index contributed by atoms with van der Waals surface area (Å²) in [7, 11) is 0. The lowest BCUT2D eigenvalue weighted by Crippen LogP contribution is -2.22. The molecule has 0 aliphatic carbocycles. The number of hydrogen-bond acceptors (Lipinski definition) is 7. The van der Waals surface area contributed by atoms with E-state index in [2.05, 4.69) is 37.4 Å². The highest BCUT2D eigenvalue weighted by Gasteiger charge is 2.11. The predicted molar refractivity (Wildman–Crippen MR) is 99.9 cm³/mol. The van der Waals surface area contributed by atoms with Gasteiger partial charge in [-0.1, -0.05) is 35.5 Å². The summed E-state index contributed by atoms with van der Waals surface area (Å²) >= 11 is 0. The first-order valence-corrected chi connectivity index (χ1v) is 8.68. The van der Waals surface area contributed by atoms with Gasteiger partial charge in [-0.05, 0) is 24.6 Å². The second-order valence-electron chi connectivity index (χ2n) is 6.27. The van der Waals surface area contributed by atoms with Gasteiger partial charge in [-0.25, -0.2) is 9.97 Å². The molecule has 0 saturated heterocycles. The minimum absolute atomic E-state index is 0.158. The Kier molecular flexibility index (Phi) is 4.86. The normalized spacial score (nSPS) is 12.0. The second-order valence-corrected chi connectivity index (χ2v) is 6.27. The molecular formula is C19H19N7O. The first kappa shape index (κ1) is 16.9. The molecule has 0 fully saturated rings. The summed E-state index contributed by atoms with van der Waals surface area (Å²) < 4.78 is 7.15. The topological polar surface area (TPSA) is 94.6 Å². The van der Waals surface area contributed by atoms with Crippen molar-refractivity contribution in [1.29, 1.82) is 0 Å². The molecule has 0 aliphatic heterocycles. The smallest absolute Gasteiger partial charge is 0.259 e. The van der Waals surface area contributed by atoms with Crippen LogP contribution in [0.25, 0.3) is 11.5 Å². The van der Waals surface area contributed by atoms with Gasteiger partial charge in [0.25, 0.3) is 5.89 Å². The van der Waals surface area contributed by atoms with Gasteiger partial charge in [0.15, 0.2) is 5.82 Å². The van der Waals surface area contributed by atoms with Crippen LogP contribution in [-0.4, -0.2) is 35.9 Å². The average molecular weight is 361 g/mol. The Morgan fingerprint density at radius 2 is 2.04 bits per heavy atom. The summed E-state index contributed by atoms with van der Waals surface area (Å²) in [6, 6.07) is 14.0. The number of hydrogen-bond donors (Lipinski definition) is 1. The van der Waals surface area contributed by atoms with Crippen molar-refractivity contribution >= 4 is 5.82 Å². The summed E-state index contributed by atoms with van der Waals surface area (Å²) in [5.41, 5.74) is 1.93. The molecule has 8 nitrogen and oxygen atoms in total. The van der Waals surface area contributed by atoms with Gasteiger partial charge in [-0.15, -0.1) is 0 Å². The largest absolute Gasteiger partial charge is 0.366 e. The Hall–Kier alpha value is -3.55. The van der Waals surface area contributed by atoms with Crippen molar-refractivity contribution in [2.75, 3.05) is 5.32 Å². The maximum atomic E-state index is 5.37. The third kappa shape index (κ3) is 4.35. The molecule has 136 valence electrons. The lowest BCUT2D eigenvalue weighted by molar-refractivity contribution is 0.424. The van der Waals surface area contributed by atoms with Crippen LogP contribution in [-0.2, 0) is 13.0 Å². The van der Waals surface area contributed by atoms with E-state index < -0.39 is 0 Å². The Labute approximate surface area is 156 Å². The number of rotatable bonds is 7. The molecule has 0 saturated carbocycles. The number of benzene rings is 1. The quantitative estimate of drug-likeness (QED) is 0.541. The van der Waals surface area contributed by atoms with E-state index in [0.29, 0.717) is 24.7 Å². The van der Waals surface area contributed by atoms with Crippen LogP contribution in [0.4, 0.5) is 5.82 Å². The van der Waals surface area contributed by atoms with Gasteiger partial charge in [0, 0.05) is 18.7 Å². The predicted octanol–water partition coefficient (Wildman–Crippen LogP) is 2.81. The molecule has 27 heavy (non-hydrogen) atoms. The lowest BCUT2D eigenvalue weighted by Gasteiger charge is -2.14. The fourth-order valence-electron chi connectivity index (χ4n) is 2.73. The average Bonchev–Trinajstić information content (AvgIpc) is 3.35. The molecular weight excluding hydrogens is 342 g/mol. The Morgan fingerprint density at radius 1 is 1.15 bits per heavy atom. The van der Waals surface area contributed by atoms with Gasteiger partial charge < -0.3 is 9.84 Å². The van der Waals surface area contributed by atoms with Crippen LogP contribution in [0.2, 0.25) is 0 Å². The Bertz CT molecular complexity index is 965. The van der Waals surface area contributed by atoms with Crippen LogP contribution in [0, 0.1) is 0 Å². The van der Waals surface area contributed by atoms with Crippen molar-refractivity contribution < 1.29 is 4.52 Å². The van der Waals surface area contributed by atoms with Crippen LogP contribution in [0.1, 0.15) is 18.3 Å². The van der Waals surface area contributed by atoms with Crippen molar-refractivity contribution in [2.45, 2.75) is 25.9 Å². The zero-order valence-corrected chi connectivity index (χ0v) is 14.9. The molecule has 1 atom stereocenters. The van der Waals surface area contributed by atoms with Gasteiger partial charge >= 0.3 is 0 Å². The van der Waals surface area contributed by atoms with E-state index in [1.807, 2.05) is 42.5 Å². The number of nitrogens with zero attached hydrogens (tertiary/aromatic N) is 6. The van der Waals surface area contributed by atoms with Gasteiger partial charge in [-0.3, -0.25) is 4.68 Å². The number of nitrogens with one attached hydrogen (secondary N) is 1. The molecule has 4 rings (SSSR count). The highest BCUT2D eigenvalue weighted by molar-refractivity contribution is 5.54. The molecule has 8 heteroatoms. The van der Waals surface area contributed by atoms with Gasteiger partial charge in [0.2, 0.25) is 0 Å². The van der Waals surface area contributed by atoms with E-state index in [1.54, 1.807) is 17.2 Å². The number of pyridine rings is 1. The Balaban J connectivity index is 1.39. The molecule has 3 heterocycles. The molecule has 0 aliphatic rings. The standard InChI is InChI=1S/C19H19N7O/c1-14(11-26-13-20-12-22-26)23-17-8-7-16(10-21-17)19-24-18(25-27-19)9-15-5-3-2-4-6-15/h2-8,10,12-14H,9,11H2,1H3,(H,21,23)/t14-/m1/s1. The fraction of sp³-hybridized carbons (Fsp3) is 0.211. The van der Waals surface area contributed by atoms with Crippen molar-refractivity contribution in [3.63, 3.8) is 0 Å². The molecule has 3 aromatic heterocycles. The molecule has 0 radical (unpaired) electrons. The molecule has 0 bridgehead atoms. The summed E-state index contributed by atoms with van der Waals surface area (Å²) in [6.07, 6.45) is 5.58. The van der Waals surface area contributed by atoms with Crippen LogP contribution in [0.5, 0.6) is 0 Å². The van der Waals surface area contributed by atoms with E-state index in [9.17, 15) is 0 Å². The fourth-order valence-corrected chi connectivity index (χ4v) is 2.73. The highest BCUT2D eigenvalue weighted by Crippen LogP contribution is 2.19. The molecule has 0 unspecified atom stereocenters. The summed E-state index contributed by atoms with van der Waals surface area (Å²) in [4.78, 5) is 12.8. The van der Waals surface area contributed by atoms with Gasteiger partial charge in [0.05, 0.1) is 12.1 Å². The van der Waals surface area contributed by atoms with E-state index in [0.717, 1.165) is 16.9 Å². The van der Waals surface area contributed by atoms with Crippen LogP contribution < -0.4 is 5.32 Å². The maximum absolute atomic E-state index is 5.37. The Morgan fingerprint density at radius 3 is 2.78 bits per heavy atom. The zero-order valence-electron chi connectivity index (χ0n) is 14.9. The molecule has 4 aromatic rings. The lowest BCUT2D eigenvalue weighted by atomic mass is 10.1. The molecule has 0 amide bonds. The monoisotopic (exact) mass is 361 g/mol. The van der Waals surface area contributed by atoms with Gasteiger partial charge in [-0.2, -0.15) is 10.1 Å². The maximum Gasteiger partial charge on any atom is 0.259 e. The van der Waals surface area contributed by atoms with Crippen LogP contribution in [0.15, 0.2) is 65.8 Å². The minimum atomic E-state index is 0.158. The first-order valence-electron chi connectivity index (χ1n) is 8.68. The molecule has 1 N–H and O–H groups in total. The third-order valence-electron chi connectivity index (χ3n) is 4.01. The van der Waals surface area contributed by atoms with Crippen LogP contribution >= 0.6 is 0 Å². The summed E-state index contributed by atoms with van der Waals surface area (Å²) in [5.74, 6) is 1.89. The van der Waals surface area contributed by atoms with Crippen molar-refractivity contribution in [3.8, 4) is 11.5 Å². The van der Waals surface area contributed by atoms with Crippen LogP contribution in [0.3, 0.4) is 0 Å². The van der Waals surface area contributed by atoms with Gasteiger partial charge in [0.1, 0.15) is 18.5 Å². The minimum Gasteiger partial charge on any atom is -0.366 e. The second kappa shape index (κ2) is 7.77. The third-order valence-corrected chi connectivity index (χ3v) is 4.01. The SMILES string of the molecule is C[C@H](Cn1cncn1)Nc1ccc(-c2nc(Cc3ccccc3)no2)cn1. The summed E-state index contributed by atoms with van der Waals surface area (Å²) in [6.45, 7) is 2.76.